The SMILES string of the molecule is CCc1nsc(N2CCCCC2C(=O)O)n1. The Hall–Kier alpha value is -1.17. The van der Waals surface area contributed by atoms with Gasteiger partial charge >= 0.3 is 5.97 Å². The fraction of sp³-hybridized carbons (Fsp3) is 0.700. The summed E-state index contributed by atoms with van der Waals surface area (Å²) >= 11 is 1.30. The maximum Gasteiger partial charge on any atom is 0.326 e. The van der Waals surface area contributed by atoms with E-state index in [0.29, 0.717) is 6.42 Å². The lowest BCUT2D eigenvalue weighted by Crippen LogP contribution is -2.44. The zero-order valence-electron chi connectivity index (χ0n) is 9.22. The predicted octanol–water partition coefficient (Wildman–Crippen LogP) is 1.54. The number of nitrogens with zero attached hydrogens (tertiary/aromatic N) is 3. The van der Waals surface area contributed by atoms with Crippen molar-refractivity contribution in [1.29, 1.82) is 0 Å². The van der Waals surface area contributed by atoms with Crippen molar-refractivity contribution < 1.29 is 9.90 Å². The molecule has 0 bridgehead atoms. The van der Waals surface area contributed by atoms with E-state index < -0.39 is 12.0 Å². The van der Waals surface area contributed by atoms with Crippen LogP contribution in [0, 0.1) is 0 Å². The van der Waals surface area contributed by atoms with Crippen molar-refractivity contribution in [3.8, 4) is 0 Å². The molecule has 1 aliphatic heterocycles. The molecule has 0 aliphatic carbocycles. The van der Waals surface area contributed by atoms with Crippen LogP contribution in [0.25, 0.3) is 0 Å². The number of hydrogen-bond acceptors (Lipinski definition) is 5. The number of hydrogen-bond donors (Lipinski definition) is 1. The lowest BCUT2D eigenvalue weighted by molar-refractivity contribution is -0.139. The Bertz CT molecular complexity index is 380. The van der Waals surface area contributed by atoms with Gasteiger partial charge in [-0.1, -0.05) is 6.92 Å². The van der Waals surface area contributed by atoms with Crippen LogP contribution in [0.2, 0.25) is 0 Å². The number of aryl methyl sites for hydroxylation is 1. The number of rotatable bonds is 3. The van der Waals surface area contributed by atoms with Gasteiger partial charge in [0, 0.05) is 24.5 Å². The molecule has 0 aromatic carbocycles. The quantitative estimate of drug-likeness (QED) is 0.869. The van der Waals surface area contributed by atoms with Gasteiger partial charge in [0.2, 0.25) is 5.13 Å². The maximum absolute atomic E-state index is 11.1. The molecule has 6 heteroatoms. The summed E-state index contributed by atoms with van der Waals surface area (Å²) in [5.41, 5.74) is 0. The van der Waals surface area contributed by atoms with Crippen LogP contribution in [0.4, 0.5) is 5.13 Å². The van der Waals surface area contributed by atoms with Gasteiger partial charge in [-0.05, 0) is 19.3 Å². The third kappa shape index (κ3) is 2.16. The largest absolute Gasteiger partial charge is 0.480 e. The molecular weight excluding hydrogens is 226 g/mol. The molecule has 1 aliphatic rings. The third-order valence-corrected chi connectivity index (χ3v) is 3.60. The molecule has 1 aromatic heterocycles. The summed E-state index contributed by atoms with van der Waals surface area (Å²) < 4.78 is 4.20. The van der Waals surface area contributed by atoms with Gasteiger partial charge in [0.05, 0.1) is 0 Å². The minimum atomic E-state index is -0.757. The molecule has 2 rings (SSSR count). The topological polar surface area (TPSA) is 66.3 Å². The highest BCUT2D eigenvalue weighted by molar-refractivity contribution is 7.09. The molecule has 1 aromatic rings. The molecule has 88 valence electrons. The standard InChI is InChI=1S/C10H15N3O2S/c1-2-8-11-10(16-12-8)13-6-4-3-5-7(13)9(14)15/h7H,2-6H2,1H3,(H,14,15). The first-order chi connectivity index (χ1) is 7.72. The van der Waals surface area contributed by atoms with Crippen molar-refractivity contribution >= 4 is 22.6 Å². The van der Waals surface area contributed by atoms with Crippen molar-refractivity contribution in [2.75, 3.05) is 11.4 Å². The van der Waals surface area contributed by atoms with E-state index in [-0.39, 0.29) is 0 Å². The molecule has 0 saturated carbocycles. The summed E-state index contributed by atoms with van der Waals surface area (Å²) in [4.78, 5) is 17.4. The molecule has 2 heterocycles. The Morgan fingerprint density at radius 1 is 1.62 bits per heavy atom. The molecule has 16 heavy (non-hydrogen) atoms. The number of anilines is 1. The second-order valence-corrected chi connectivity index (χ2v) is 4.62. The highest BCUT2D eigenvalue weighted by Gasteiger charge is 2.30. The first kappa shape index (κ1) is 11.3. The van der Waals surface area contributed by atoms with Crippen molar-refractivity contribution in [1.82, 2.24) is 9.36 Å². The molecule has 1 fully saturated rings. The summed E-state index contributed by atoms with van der Waals surface area (Å²) in [5.74, 6) is 0.0441. The number of carbonyl (C=O) groups is 1. The molecule has 1 N–H and O–H groups in total. The minimum Gasteiger partial charge on any atom is -0.480 e. The maximum atomic E-state index is 11.1. The molecule has 1 saturated heterocycles. The zero-order chi connectivity index (χ0) is 11.5. The second kappa shape index (κ2) is 4.78. The number of aromatic nitrogens is 2. The predicted molar refractivity (Wildman–Crippen MR) is 61.9 cm³/mol. The number of carboxylic acids is 1. The Kier molecular flexibility index (Phi) is 3.38. The van der Waals surface area contributed by atoms with Gasteiger partial charge in [0.25, 0.3) is 0 Å². The number of piperidine rings is 1. The first-order valence-corrected chi connectivity index (χ1v) is 6.31. The normalized spacial score (nSPS) is 21.1. The van der Waals surface area contributed by atoms with Crippen LogP contribution in [0.15, 0.2) is 0 Å². The fourth-order valence-corrected chi connectivity index (χ4v) is 2.75. The van der Waals surface area contributed by atoms with E-state index in [4.69, 9.17) is 5.11 Å². The van der Waals surface area contributed by atoms with E-state index in [0.717, 1.165) is 36.8 Å². The summed E-state index contributed by atoms with van der Waals surface area (Å²) in [6.07, 6.45) is 3.51. The van der Waals surface area contributed by atoms with Gasteiger partial charge in [-0.15, -0.1) is 0 Å². The number of carboxylic acid groups (broad SMARTS) is 1. The van der Waals surface area contributed by atoms with Gasteiger partial charge in [0.1, 0.15) is 11.9 Å². The fourth-order valence-electron chi connectivity index (χ4n) is 1.92. The van der Waals surface area contributed by atoms with Crippen LogP contribution in [0.3, 0.4) is 0 Å². The van der Waals surface area contributed by atoms with Crippen LogP contribution < -0.4 is 4.90 Å². The van der Waals surface area contributed by atoms with E-state index in [1.807, 2.05) is 11.8 Å². The van der Waals surface area contributed by atoms with Crippen LogP contribution >= 0.6 is 11.5 Å². The summed E-state index contributed by atoms with van der Waals surface area (Å²) in [5, 5.41) is 9.90. The first-order valence-electron chi connectivity index (χ1n) is 5.54. The van der Waals surface area contributed by atoms with E-state index >= 15 is 0 Å². The van der Waals surface area contributed by atoms with E-state index in [1.165, 1.54) is 11.5 Å². The molecule has 5 nitrogen and oxygen atoms in total. The highest BCUT2D eigenvalue weighted by atomic mass is 32.1. The van der Waals surface area contributed by atoms with Crippen molar-refractivity contribution in [3.05, 3.63) is 5.82 Å². The molecule has 1 unspecified atom stereocenters. The van der Waals surface area contributed by atoms with E-state index in [2.05, 4.69) is 9.36 Å². The van der Waals surface area contributed by atoms with Crippen molar-refractivity contribution in [2.45, 2.75) is 38.6 Å². The van der Waals surface area contributed by atoms with Gasteiger partial charge in [-0.2, -0.15) is 4.37 Å². The van der Waals surface area contributed by atoms with Crippen LogP contribution in [0.1, 0.15) is 32.0 Å². The summed E-state index contributed by atoms with van der Waals surface area (Å²) in [7, 11) is 0. The monoisotopic (exact) mass is 241 g/mol. The van der Waals surface area contributed by atoms with Gasteiger partial charge in [0.15, 0.2) is 0 Å². The Morgan fingerprint density at radius 2 is 2.44 bits per heavy atom. The van der Waals surface area contributed by atoms with E-state index in [1.54, 1.807) is 0 Å². The average molecular weight is 241 g/mol. The lowest BCUT2D eigenvalue weighted by atomic mass is 10.0. The Morgan fingerprint density at radius 3 is 3.06 bits per heavy atom. The van der Waals surface area contributed by atoms with Crippen LogP contribution in [0.5, 0.6) is 0 Å². The molecule has 0 spiro atoms. The molecular formula is C10H15N3O2S. The second-order valence-electron chi connectivity index (χ2n) is 3.89. The Labute approximate surface area is 98.3 Å². The van der Waals surface area contributed by atoms with E-state index in [9.17, 15) is 4.79 Å². The summed E-state index contributed by atoms with van der Waals surface area (Å²) in [6.45, 7) is 2.77. The van der Waals surface area contributed by atoms with Crippen LogP contribution in [-0.2, 0) is 11.2 Å². The smallest absolute Gasteiger partial charge is 0.326 e. The molecule has 1 atom stereocenters. The molecule has 0 radical (unpaired) electrons. The number of aliphatic carboxylic acids is 1. The van der Waals surface area contributed by atoms with Gasteiger partial charge in [-0.25, -0.2) is 9.78 Å². The van der Waals surface area contributed by atoms with Crippen molar-refractivity contribution in [3.63, 3.8) is 0 Å². The van der Waals surface area contributed by atoms with Gasteiger partial charge in [-0.3, -0.25) is 0 Å². The van der Waals surface area contributed by atoms with Crippen LogP contribution in [-0.4, -0.2) is 33.0 Å². The highest BCUT2D eigenvalue weighted by Crippen LogP contribution is 2.26. The van der Waals surface area contributed by atoms with Gasteiger partial charge < -0.3 is 10.0 Å². The minimum absolute atomic E-state index is 0.425. The lowest BCUT2D eigenvalue weighted by Gasteiger charge is -2.32. The molecule has 0 amide bonds. The third-order valence-electron chi connectivity index (χ3n) is 2.81. The zero-order valence-corrected chi connectivity index (χ0v) is 10.0. The Balaban J connectivity index is 2.19. The summed E-state index contributed by atoms with van der Waals surface area (Å²) in [6, 6.07) is -0.425. The van der Waals surface area contributed by atoms with Crippen molar-refractivity contribution in [2.24, 2.45) is 0 Å². The average Bonchev–Trinajstić information content (AvgIpc) is 2.77.